The van der Waals surface area contributed by atoms with Gasteiger partial charge in [0.25, 0.3) is 5.91 Å². The van der Waals surface area contributed by atoms with E-state index in [1.165, 1.54) is 0 Å². The summed E-state index contributed by atoms with van der Waals surface area (Å²) in [4.78, 5) is 40.5. The fourth-order valence-electron chi connectivity index (χ4n) is 2.13. The van der Waals surface area contributed by atoms with Crippen molar-refractivity contribution in [3.05, 3.63) is 30.1 Å². The van der Waals surface area contributed by atoms with Gasteiger partial charge in [0, 0.05) is 12.4 Å². The molecule has 0 aliphatic carbocycles. The molecule has 1 atom stereocenters. The monoisotopic (exact) mass is 290 g/mol. The van der Waals surface area contributed by atoms with Gasteiger partial charge in [-0.1, -0.05) is 0 Å². The minimum Gasteiger partial charge on any atom is -0.348 e. The van der Waals surface area contributed by atoms with Crippen LogP contribution in [0.1, 0.15) is 32.4 Å². The third-order valence-electron chi connectivity index (χ3n) is 3.33. The molecule has 2 heterocycles. The summed E-state index contributed by atoms with van der Waals surface area (Å²) in [6.07, 6.45) is 3.27. The summed E-state index contributed by atoms with van der Waals surface area (Å²) in [6.45, 7) is 4.74. The van der Waals surface area contributed by atoms with Crippen LogP contribution in [-0.2, 0) is 9.59 Å². The van der Waals surface area contributed by atoms with Crippen molar-refractivity contribution in [3.8, 4) is 0 Å². The van der Waals surface area contributed by atoms with Crippen LogP contribution >= 0.6 is 0 Å². The molecule has 2 rings (SSSR count). The molecule has 1 aromatic rings. The van der Waals surface area contributed by atoms with E-state index in [9.17, 15) is 14.4 Å². The van der Waals surface area contributed by atoms with Gasteiger partial charge in [-0.25, -0.2) is 4.79 Å². The molecule has 1 saturated heterocycles. The van der Waals surface area contributed by atoms with Gasteiger partial charge in [0.2, 0.25) is 5.91 Å². The smallest absolute Gasteiger partial charge is 0.325 e. The Morgan fingerprint density at radius 2 is 2.00 bits per heavy atom. The highest BCUT2D eigenvalue weighted by atomic mass is 16.2. The fourth-order valence-corrected chi connectivity index (χ4v) is 2.13. The molecule has 1 fully saturated rings. The Morgan fingerprint density at radius 1 is 1.38 bits per heavy atom. The van der Waals surface area contributed by atoms with Crippen LogP contribution in [0.3, 0.4) is 0 Å². The van der Waals surface area contributed by atoms with Crippen LogP contribution in [0.15, 0.2) is 24.5 Å². The summed E-state index contributed by atoms with van der Waals surface area (Å²) in [5.41, 5.74) is -0.0652. The Balaban J connectivity index is 1.97. The number of pyridine rings is 1. The van der Waals surface area contributed by atoms with Crippen LogP contribution in [-0.4, -0.2) is 39.8 Å². The molecule has 0 aromatic carbocycles. The van der Waals surface area contributed by atoms with E-state index >= 15 is 0 Å². The van der Waals surface area contributed by atoms with Gasteiger partial charge in [0.05, 0.1) is 6.04 Å². The van der Waals surface area contributed by atoms with Crippen molar-refractivity contribution in [2.24, 2.45) is 0 Å². The lowest BCUT2D eigenvalue weighted by Gasteiger charge is -2.18. The van der Waals surface area contributed by atoms with Gasteiger partial charge in [-0.2, -0.15) is 0 Å². The molecule has 0 bridgehead atoms. The lowest BCUT2D eigenvalue weighted by Crippen LogP contribution is -2.43. The standard InChI is InChI=1S/C14H18N4O3/c1-9(10-4-6-15-7-5-10)16-11(19)8-18-12(20)14(2,3)17-13(18)21/h4-7,9H,8H2,1-3H3,(H,16,19)(H,17,21). The molecule has 21 heavy (non-hydrogen) atoms. The average Bonchev–Trinajstić information content (AvgIpc) is 2.62. The Labute approximate surface area is 122 Å². The van der Waals surface area contributed by atoms with E-state index in [0.29, 0.717) is 0 Å². The minimum atomic E-state index is -0.964. The molecule has 7 heteroatoms. The quantitative estimate of drug-likeness (QED) is 0.794. The maximum atomic E-state index is 12.0. The first-order valence-corrected chi connectivity index (χ1v) is 6.64. The fraction of sp³-hybridized carbons (Fsp3) is 0.429. The van der Waals surface area contributed by atoms with Gasteiger partial charge < -0.3 is 10.6 Å². The summed E-state index contributed by atoms with van der Waals surface area (Å²) in [5, 5.41) is 5.28. The highest BCUT2D eigenvalue weighted by molar-refractivity contribution is 6.08. The van der Waals surface area contributed by atoms with E-state index < -0.39 is 17.5 Å². The first-order valence-electron chi connectivity index (χ1n) is 6.64. The number of aromatic nitrogens is 1. The summed E-state index contributed by atoms with van der Waals surface area (Å²) < 4.78 is 0. The molecule has 7 nitrogen and oxygen atoms in total. The maximum Gasteiger partial charge on any atom is 0.325 e. The van der Waals surface area contributed by atoms with E-state index in [2.05, 4.69) is 15.6 Å². The van der Waals surface area contributed by atoms with Crippen molar-refractivity contribution in [1.29, 1.82) is 0 Å². The summed E-state index contributed by atoms with van der Waals surface area (Å²) >= 11 is 0. The Hall–Kier alpha value is -2.44. The van der Waals surface area contributed by atoms with E-state index in [-0.39, 0.29) is 18.5 Å². The molecule has 4 amide bonds. The Kier molecular flexibility index (Phi) is 3.93. The minimum absolute atomic E-state index is 0.228. The first kappa shape index (κ1) is 15.0. The zero-order chi connectivity index (χ0) is 15.6. The summed E-state index contributed by atoms with van der Waals surface area (Å²) in [7, 11) is 0. The van der Waals surface area contributed by atoms with Crippen molar-refractivity contribution in [2.45, 2.75) is 32.4 Å². The maximum absolute atomic E-state index is 12.0. The highest BCUT2D eigenvalue weighted by Crippen LogP contribution is 2.16. The van der Waals surface area contributed by atoms with Crippen molar-refractivity contribution in [2.75, 3.05) is 6.54 Å². The van der Waals surface area contributed by atoms with Crippen LogP contribution in [0.25, 0.3) is 0 Å². The SMILES string of the molecule is CC(NC(=O)CN1C(=O)NC(C)(C)C1=O)c1ccncc1. The normalized spacial score (nSPS) is 18.3. The average molecular weight is 290 g/mol. The first-order chi connectivity index (χ1) is 9.81. The molecule has 0 spiro atoms. The van der Waals surface area contributed by atoms with Crippen molar-refractivity contribution < 1.29 is 14.4 Å². The van der Waals surface area contributed by atoms with Gasteiger partial charge in [0.15, 0.2) is 0 Å². The topological polar surface area (TPSA) is 91.4 Å². The molecular formula is C14H18N4O3. The van der Waals surface area contributed by atoms with Gasteiger partial charge >= 0.3 is 6.03 Å². The van der Waals surface area contributed by atoms with Gasteiger partial charge in [-0.05, 0) is 38.5 Å². The van der Waals surface area contributed by atoms with E-state index in [4.69, 9.17) is 0 Å². The molecular weight excluding hydrogens is 272 g/mol. The molecule has 112 valence electrons. The predicted octanol–water partition coefficient (Wildman–Crippen LogP) is 0.589. The number of carbonyl (C=O) groups is 3. The van der Waals surface area contributed by atoms with E-state index in [0.717, 1.165) is 10.5 Å². The molecule has 1 aliphatic heterocycles. The lowest BCUT2D eigenvalue weighted by molar-refractivity contribution is -0.134. The van der Waals surface area contributed by atoms with Gasteiger partial charge in [-0.3, -0.25) is 19.5 Å². The highest BCUT2D eigenvalue weighted by Gasteiger charge is 2.44. The zero-order valence-electron chi connectivity index (χ0n) is 12.2. The Morgan fingerprint density at radius 3 is 2.52 bits per heavy atom. The zero-order valence-corrected chi connectivity index (χ0v) is 12.2. The summed E-state index contributed by atoms with van der Waals surface area (Å²) in [5.74, 6) is -0.792. The van der Waals surface area contributed by atoms with Crippen LogP contribution in [0.2, 0.25) is 0 Å². The summed E-state index contributed by atoms with van der Waals surface area (Å²) in [6, 6.07) is 2.81. The number of carbonyl (C=O) groups excluding carboxylic acids is 3. The molecule has 1 aromatic heterocycles. The second-order valence-corrected chi connectivity index (χ2v) is 5.52. The number of hydrogen-bond donors (Lipinski definition) is 2. The number of rotatable bonds is 4. The molecule has 2 N–H and O–H groups in total. The number of hydrogen-bond acceptors (Lipinski definition) is 4. The van der Waals surface area contributed by atoms with Crippen molar-refractivity contribution in [1.82, 2.24) is 20.5 Å². The third kappa shape index (κ3) is 3.18. The van der Waals surface area contributed by atoms with Gasteiger partial charge in [-0.15, -0.1) is 0 Å². The van der Waals surface area contributed by atoms with Crippen LogP contribution in [0, 0.1) is 0 Å². The van der Waals surface area contributed by atoms with Gasteiger partial charge in [0.1, 0.15) is 12.1 Å². The largest absolute Gasteiger partial charge is 0.348 e. The van der Waals surface area contributed by atoms with E-state index in [1.807, 2.05) is 6.92 Å². The van der Waals surface area contributed by atoms with Crippen LogP contribution < -0.4 is 10.6 Å². The second-order valence-electron chi connectivity index (χ2n) is 5.52. The number of amides is 4. The van der Waals surface area contributed by atoms with Crippen LogP contribution in [0.4, 0.5) is 4.79 Å². The number of nitrogens with one attached hydrogen (secondary N) is 2. The Bertz CT molecular complexity index is 571. The number of imide groups is 1. The van der Waals surface area contributed by atoms with Crippen molar-refractivity contribution in [3.63, 3.8) is 0 Å². The van der Waals surface area contributed by atoms with Crippen molar-refractivity contribution >= 4 is 17.8 Å². The lowest BCUT2D eigenvalue weighted by atomic mass is 10.1. The number of urea groups is 1. The molecule has 1 unspecified atom stereocenters. The van der Waals surface area contributed by atoms with Crippen LogP contribution in [0.5, 0.6) is 0 Å². The predicted molar refractivity (Wildman–Crippen MR) is 75.1 cm³/mol. The molecule has 1 aliphatic rings. The second kappa shape index (κ2) is 5.51. The van der Waals surface area contributed by atoms with E-state index in [1.54, 1.807) is 38.4 Å². The molecule has 0 radical (unpaired) electrons. The third-order valence-corrected chi connectivity index (χ3v) is 3.33. The molecule has 0 saturated carbocycles. The number of nitrogens with zero attached hydrogens (tertiary/aromatic N) is 2.